The van der Waals surface area contributed by atoms with Gasteiger partial charge in [0.15, 0.2) is 6.79 Å². The highest BCUT2D eigenvalue weighted by atomic mass is 31.1. The molecule has 25 heavy (non-hydrogen) atoms. The molecule has 0 heterocycles. The van der Waals surface area contributed by atoms with Gasteiger partial charge in [0.25, 0.3) is 0 Å². The van der Waals surface area contributed by atoms with E-state index in [0.29, 0.717) is 8.58 Å². The van der Waals surface area contributed by atoms with Crippen LogP contribution >= 0.6 is 8.58 Å². The van der Waals surface area contributed by atoms with Crippen molar-refractivity contribution in [1.82, 2.24) is 5.32 Å². The Morgan fingerprint density at radius 1 is 1.00 bits per heavy atom. The predicted octanol–water partition coefficient (Wildman–Crippen LogP) is 3.20. The summed E-state index contributed by atoms with van der Waals surface area (Å²) in [5.41, 5.74) is 1.38. The van der Waals surface area contributed by atoms with Crippen LogP contribution in [-0.4, -0.2) is 26.6 Å². The summed E-state index contributed by atoms with van der Waals surface area (Å²) < 4.78 is 16.2. The van der Waals surface area contributed by atoms with Gasteiger partial charge in [-0.25, -0.2) is 0 Å². The molecule has 0 aliphatic rings. The monoisotopic (exact) mass is 361 g/mol. The van der Waals surface area contributed by atoms with E-state index in [1.807, 2.05) is 18.2 Å². The molecular formula is C20H28NO3P. The molecule has 0 amide bonds. The van der Waals surface area contributed by atoms with Crippen LogP contribution in [-0.2, 0) is 11.3 Å². The molecule has 2 rings (SSSR count). The maximum absolute atomic E-state index is 5.73. The van der Waals surface area contributed by atoms with E-state index in [1.165, 1.54) is 10.9 Å². The van der Waals surface area contributed by atoms with E-state index in [2.05, 4.69) is 50.4 Å². The molecule has 1 unspecified atom stereocenters. The Kier molecular flexibility index (Phi) is 7.24. The summed E-state index contributed by atoms with van der Waals surface area (Å²) in [6, 6.07) is 14.4. The van der Waals surface area contributed by atoms with Crippen LogP contribution in [0.25, 0.3) is 0 Å². The first-order valence-corrected chi connectivity index (χ1v) is 9.32. The second kappa shape index (κ2) is 9.19. The molecule has 2 aromatic carbocycles. The van der Waals surface area contributed by atoms with Gasteiger partial charge in [-0.2, -0.15) is 0 Å². The zero-order valence-corrected chi connectivity index (χ0v) is 16.7. The Labute approximate surface area is 152 Å². The zero-order chi connectivity index (χ0) is 18.3. The lowest BCUT2D eigenvalue weighted by atomic mass is 10.1. The second-order valence-corrected chi connectivity index (χ2v) is 8.13. The maximum Gasteiger partial charge on any atom is 0.188 e. The van der Waals surface area contributed by atoms with Gasteiger partial charge in [-0.1, -0.05) is 32.8 Å². The van der Waals surface area contributed by atoms with Gasteiger partial charge in [0, 0.05) is 24.5 Å². The number of methoxy groups -OCH3 is 2. The van der Waals surface area contributed by atoms with Gasteiger partial charge in [0.1, 0.15) is 11.5 Å². The van der Waals surface area contributed by atoms with Crippen LogP contribution < -0.4 is 25.4 Å². The lowest BCUT2D eigenvalue weighted by Gasteiger charge is -2.22. The molecule has 1 N–H and O–H groups in total. The summed E-state index contributed by atoms with van der Waals surface area (Å²) in [4.78, 5) is 0. The largest absolute Gasteiger partial charge is 0.497 e. The van der Waals surface area contributed by atoms with Crippen molar-refractivity contribution < 1.29 is 14.2 Å². The Morgan fingerprint density at radius 3 is 2.44 bits per heavy atom. The standard InChI is InChI=1S/C20H28NO3P/c1-20(2,3)21-13-15-8-6-7-9-18(15)25-19-12-16(23-5)10-11-17(19)24-14-22-4/h6-12,21,25H,13-14H2,1-5H3. The molecule has 0 aliphatic carbocycles. The average Bonchev–Trinajstić information content (AvgIpc) is 2.59. The van der Waals surface area contributed by atoms with Crippen molar-refractivity contribution in [3.8, 4) is 11.5 Å². The molecule has 5 heteroatoms. The minimum absolute atomic E-state index is 0.0823. The Balaban J connectivity index is 2.26. The molecule has 4 nitrogen and oxygen atoms in total. The lowest BCUT2D eigenvalue weighted by Crippen LogP contribution is -2.36. The number of hydrogen-bond acceptors (Lipinski definition) is 4. The molecule has 0 saturated heterocycles. The van der Waals surface area contributed by atoms with Crippen LogP contribution in [0.4, 0.5) is 0 Å². The first kappa shape index (κ1) is 19.7. The first-order chi connectivity index (χ1) is 11.9. The summed E-state index contributed by atoms with van der Waals surface area (Å²) in [5.74, 6) is 1.66. The molecule has 0 saturated carbocycles. The van der Waals surface area contributed by atoms with E-state index >= 15 is 0 Å². The smallest absolute Gasteiger partial charge is 0.188 e. The highest BCUT2D eigenvalue weighted by Gasteiger charge is 2.13. The van der Waals surface area contributed by atoms with Gasteiger partial charge in [0.05, 0.1) is 7.11 Å². The third-order valence-corrected chi connectivity index (χ3v) is 5.03. The van der Waals surface area contributed by atoms with Crippen molar-refractivity contribution >= 4 is 19.2 Å². The lowest BCUT2D eigenvalue weighted by molar-refractivity contribution is 0.0519. The molecule has 2 aromatic rings. The Morgan fingerprint density at radius 2 is 1.76 bits per heavy atom. The van der Waals surface area contributed by atoms with Crippen molar-refractivity contribution in [2.24, 2.45) is 0 Å². The van der Waals surface area contributed by atoms with Crippen LogP contribution in [0.3, 0.4) is 0 Å². The van der Waals surface area contributed by atoms with E-state index in [-0.39, 0.29) is 12.3 Å². The molecule has 0 bridgehead atoms. The zero-order valence-electron chi connectivity index (χ0n) is 15.7. The molecule has 0 spiro atoms. The minimum Gasteiger partial charge on any atom is -0.497 e. The van der Waals surface area contributed by atoms with Crippen LogP contribution in [0.15, 0.2) is 42.5 Å². The van der Waals surface area contributed by atoms with Gasteiger partial charge in [-0.3, -0.25) is 0 Å². The van der Waals surface area contributed by atoms with Crippen LogP contribution in [0.2, 0.25) is 0 Å². The fraction of sp³-hybridized carbons (Fsp3) is 0.400. The molecule has 0 aliphatic heterocycles. The number of hydrogen-bond donors (Lipinski definition) is 1. The third-order valence-electron chi connectivity index (χ3n) is 3.61. The van der Waals surface area contributed by atoms with Gasteiger partial charge in [-0.15, -0.1) is 0 Å². The highest BCUT2D eigenvalue weighted by molar-refractivity contribution is 7.55. The quantitative estimate of drug-likeness (QED) is 0.579. The number of nitrogens with one attached hydrogen (secondary N) is 1. The Bertz CT molecular complexity index is 683. The van der Waals surface area contributed by atoms with E-state index in [9.17, 15) is 0 Å². The maximum atomic E-state index is 5.73. The van der Waals surface area contributed by atoms with Gasteiger partial charge in [-0.05, 0) is 49.8 Å². The molecule has 136 valence electrons. The first-order valence-electron chi connectivity index (χ1n) is 8.32. The molecular weight excluding hydrogens is 333 g/mol. The summed E-state index contributed by atoms with van der Waals surface area (Å²) in [6.07, 6.45) is 0. The van der Waals surface area contributed by atoms with Gasteiger partial charge in [0.2, 0.25) is 0 Å². The van der Waals surface area contributed by atoms with E-state index in [4.69, 9.17) is 14.2 Å². The minimum atomic E-state index is 0.0823. The fourth-order valence-electron chi connectivity index (χ4n) is 2.28. The second-order valence-electron chi connectivity index (χ2n) is 6.80. The van der Waals surface area contributed by atoms with Crippen LogP contribution in [0.5, 0.6) is 11.5 Å². The Hall–Kier alpha value is -1.61. The van der Waals surface area contributed by atoms with E-state index < -0.39 is 0 Å². The predicted molar refractivity (Wildman–Crippen MR) is 106 cm³/mol. The summed E-state index contributed by atoms with van der Waals surface area (Å²) in [6.45, 7) is 7.60. The molecule has 0 aromatic heterocycles. The molecule has 1 atom stereocenters. The summed E-state index contributed by atoms with van der Waals surface area (Å²) >= 11 is 0. The highest BCUT2D eigenvalue weighted by Crippen LogP contribution is 2.25. The fourth-order valence-corrected chi connectivity index (χ4v) is 3.58. The van der Waals surface area contributed by atoms with Crippen molar-refractivity contribution in [2.45, 2.75) is 32.9 Å². The number of benzene rings is 2. The average molecular weight is 361 g/mol. The van der Waals surface area contributed by atoms with E-state index in [1.54, 1.807) is 14.2 Å². The van der Waals surface area contributed by atoms with Crippen molar-refractivity contribution in [3.05, 3.63) is 48.0 Å². The molecule has 0 radical (unpaired) electrons. The third kappa shape index (κ3) is 6.32. The summed E-state index contributed by atoms with van der Waals surface area (Å²) in [5, 5.41) is 5.98. The van der Waals surface area contributed by atoms with Crippen molar-refractivity contribution in [3.63, 3.8) is 0 Å². The van der Waals surface area contributed by atoms with Crippen LogP contribution in [0, 0.1) is 0 Å². The van der Waals surface area contributed by atoms with Crippen LogP contribution in [0.1, 0.15) is 26.3 Å². The number of ether oxygens (including phenoxy) is 3. The van der Waals surface area contributed by atoms with Crippen molar-refractivity contribution in [1.29, 1.82) is 0 Å². The number of rotatable bonds is 8. The van der Waals surface area contributed by atoms with Crippen molar-refractivity contribution in [2.75, 3.05) is 21.0 Å². The molecule has 0 fully saturated rings. The summed E-state index contributed by atoms with van der Waals surface area (Å²) in [7, 11) is 3.78. The SMILES string of the molecule is COCOc1ccc(OC)cc1Pc1ccccc1CNC(C)(C)C. The van der Waals surface area contributed by atoms with E-state index in [0.717, 1.165) is 23.3 Å². The van der Waals surface area contributed by atoms with Gasteiger partial charge < -0.3 is 19.5 Å². The van der Waals surface area contributed by atoms with Gasteiger partial charge >= 0.3 is 0 Å². The topological polar surface area (TPSA) is 39.7 Å². The normalized spacial score (nSPS) is 11.9.